The van der Waals surface area contributed by atoms with Gasteiger partial charge in [0.25, 0.3) is 0 Å². The number of para-hydroxylation sites is 2. The number of rotatable bonds is 7. The summed E-state index contributed by atoms with van der Waals surface area (Å²) >= 11 is 0. The molecule has 5 nitrogen and oxygen atoms in total. The molecular weight excluding hydrogens is 312 g/mol. The van der Waals surface area contributed by atoms with Gasteiger partial charge in [-0.2, -0.15) is 9.66 Å². The number of imidazole rings is 1. The number of fused-ring (bicyclic) bond motifs is 3. The summed E-state index contributed by atoms with van der Waals surface area (Å²) in [6.45, 7) is 8.52. The Labute approximate surface area is 148 Å². The number of hydrogen-bond acceptors (Lipinski definition) is 3. The maximum atomic E-state index is 9.71. The van der Waals surface area contributed by atoms with E-state index in [1.54, 1.807) is 0 Å². The van der Waals surface area contributed by atoms with Crippen molar-refractivity contribution in [2.75, 3.05) is 25.1 Å². The molecule has 3 rings (SSSR count). The van der Waals surface area contributed by atoms with E-state index in [0.717, 1.165) is 60.7 Å². The van der Waals surface area contributed by atoms with Crippen molar-refractivity contribution in [2.24, 2.45) is 0 Å². The average Bonchev–Trinajstić information content (AvgIpc) is 3.00. The number of hydrogen-bond donors (Lipinski definition) is 2. The summed E-state index contributed by atoms with van der Waals surface area (Å²) in [7, 11) is 0. The highest BCUT2D eigenvalue weighted by atomic mass is 16.5. The van der Waals surface area contributed by atoms with E-state index in [-0.39, 0.29) is 0 Å². The summed E-state index contributed by atoms with van der Waals surface area (Å²) in [6.07, 6.45) is 1.82. The van der Waals surface area contributed by atoms with Gasteiger partial charge in [-0.25, -0.2) is 0 Å². The number of aromatic nitrogens is 2. The number of nitriles is 1. The van der Waals surface area contributed by atoms with Crippen LogP contribution in [0.3, 0.4) is 0 Å². The number of ether oxygens (including phenoxy) is 1. The second kappa shape index (κ2) is 7.54. The maximum Gasteiger partial charge on any atom is 0.250 e. The van der Waals surface area contributed by atoms with E-state index in [2.05, 4.69) is 33.8 Å². The third-order valence-electron chi connectivity index (χ3n) is 4.62. The van der Waals surface area contributed by atoms with Crippen molar-refractivity contribution in [1.82, 2.24) is 4.98 Å². The van der Waals surface area contributed by atoms with Crippen molar-refractivity contribution in [3.63, 3.8) is 0 Å². The van der Waals surface area contributed by atoms with Crippen molar-refractivity contribution >= 4 is 22.5 Å². The highest BCUT2D eigenvalue weighted by molar-refractivity contribution is 5.78. The van der Waals surface area contributed by atoms with E-state index in [1.165, 1.54) is 5.56 Å². The number of H-pyrrole nitrogens is 1. The topological polar surface area (TPSA) is 64.9 Å². The van der Waals surface area contributed by atoms with Crippen LogP contribution in [0.15, 0.2) is 24.3 Å². The fourth-order valence-corrected chi connectivity index (χ4v) is 3.41. The number of benzene rings is 1. The molecular formula is C20H25N4O+. The summed E-state index contributed by atoms with van der Waals surface area (Å²) < 4.78 is 7.59. The SMILES string of the molecule is CCOCCCNc1c(CC)c(C)c(C#N)c2[nH]c3ccccc3[n+]12. The van der Waals surface area contributed by atoms with E-state index < -0.39 is 0 Å². The molecule has 2 aromatic heterocycles. The lowest BCUT2D eigenvalue weighted by Crippen LogP contribution is -2.30. The number of anilines is 1. The van der Waals surface area contributed by atoms with Gasteiger partial charge >= 0.3 is 0 Å². The Hall–Kier alpha value is -2.58. The van der Waals surface area contributed by atoms with Crippen molar-refractivity contribution < 1.29 is 9.14 Å². The normalized spacial score (nSPS) is 11.1. The monoisotopic (exact) mass is 337 g/mol. The molecule has 0 atom stereocenters. The second-order valence-corrected chi connectivity index (χ2v) is 6.10. The Kier molecular flexibility index (Phi) is 5.20. The predicted octanol–water partition coefficient (Wildman–Crippen LogP) is 3.49. The lowest BCUT2D eigenvalue weighted by molar-refractivity contribution is -0.465. The van der Waals surface area contributed by atoms with Gasteiger partial charge < -0.3 is 10.1 Å². The van der Waals surface area contributed by atoms with E-state index in [0.29, 0.717) is 5.56 Å². The molecule has 0 fully saturated rings. The number of nitrogens with one attached hydrogen (secondary N) is 2. The first-order chi connectivity index (χ1) is 12.2. The number of aromatic amines is 1. The van der Waals surface area contributed by atoms with Crippen molar-refractivity contribution in [3.05, 3.63) is 41.0 Å². The van der Waals surface area contributed by atoms with Crippen LogP contribution in [0.2, 0.25) is 0 Å². The lowest BCUT2D eigenvalue weighted by atomic mass is 10.0. The smallest absolute Gasteiger partial charge is 0.250 e. The van der Waals surface area contributed by atoms with Crippen LogP contribution < -0.4 is 9.72 Å². The van der Waals surface area contributed by atoms with Crippen LogP contribution in [0.1, 0.15) is 37.0 Å². The summed E-state index contributed by atoms with van der Waals surface area (Å²) in [5, 5.41) is 13.3. The highest BCUT2D eigenvalue weighted by Crippen LogP contribution is 2.25. The second-order valence-electron chi connectivity index (χ2n) is 6.10. The molecule has 5 heteroatoms. The predicted molar refractivity (Wildman–Crippen MR) is 99.9 cm³/mol. The van der Waals surface area contributed by atoms with Crippen LogP contribution in [-0.2, 0) is 11.2 Å². The Morgan fingerprint density at radius 3 is 2.80 bits per heavy atom. The third-order valence-corrected chi connectivity index (χ3v) is 4.62. The molecule has 2 heterocycles. The van der Waals surface area contributed by atoms with Crippen LogP contribution in [0.25, 0.3) is 16.7 Å². The standard InChI is InChI=1S/C20H24N4O/c1-4-15-14(3)16(13-21)20-23-17-9-6-7-10-18(17)24(20)19(15)22-11-8-12-25-5-2/h6-7,9-10H,4-5,8,11-12H2,1-3H3,(H,22,23)/p+1. The van der Waals surface area contributed by atoms with Crippen LogP contribution in [0.5, 0.6) is 0 Å². The Balaban J connectivity index is 2.17. The average molecular weight is 337 g/mol. The van der Waals surface area contributed by atoms with E-state index in [1.807, 2.05) is 32.0 Å². The molecule has 1 aromatic carbocycles. The van der Waals surface area contributed by atoms with Gasteiger partial charge in [0.1, 0.15) is 22.7 Å². The molecule has 0 aliphatic rings. The van der Waals surface area contributed by atoms with Gasteiger partial charge in [0.2, 0.25) is 11.5 Å². The molecule has 130 valence electrons. The molecule has 0 amide bonds. The minimum absolute atomic E-state index is 0.716. The van der Waals surface area contributed by atoms with Gasteiger partial charge in [-0.1, -0.05) is 19.1 Å². The Morgan fingerprint density at radius 2 is 2.08 bits per heavy atom. The number of pyridine rings is 1. The zero-order valence-corrected chi connectivity index (χ0v) is 15.1. The zero-order chi connectivity index (χ0) is 17.8. The molecule has 2 N–H and O–H groups in total. The van der Waals surface area contributed by atoms with Crippen molar-refractivity contribution in [3.8, 4) is 6.07 Å². The van der Waals surface area contributed by atoms with Crippen molar-refractivity contribution in [1.29, 1.82) is 5.26 Å². The lowest BCUT2D eigenvalue weighted by Gasteiger charge is -2.12. The molecule has 0 aliphatic carbocycles. The first kappa shape index (κ1) is 17.2. The van der Waals surface area contributed by atoms with Crippen LogP contribution in [-0.4, -0.2) is 24.7 Å². The minimum atomic E-state index is 0.716. The number of nitrogens with zero attached hydrogens (tertiary/aromatic N) is 2. The van der Waals surface area contributed by atoms with E-state index >= 15 is 0 Å². The fourth-order valence-electron chi connectivity index (χ4n) is 3.41. The quantitative estimate of drug-likeness (QED) is 0.512. The van der Waals surface area contributed by atoms with Gasteiger partial charge in [-0.05, 0) is 38.0 Å². The summed E-state index contributed by atoms with van der Waals surface area (Å²) in [6, 6.07) is 10.5. The fraction of sp³-hybridized carbons (Fsp3) is 0.400. The highest BCUT2D eigenvalue weighted by Gasteiger charge is 2.24. The van der Waals surface area contributed by atoms with Gasteiger partial charge in [-0.3, -0.25) is 4.98 Å². The first-order valence-corrected chi connectivity index (χ1v) is 8.92. The molecule has 0 aliphatic heterocycles. The minimum Gasteiger partial charge on any atom is -0.382 e. The van der Waals surface area contributed by atoms with Gasteiger partial charge in [0, 0.05) is 25.2 Å². The molecule has 0 radical (unpaired) electrons. The van der Waals surface area contributed by atoms with Crippen LogP contribution in [0, 0.1) is 18.3 Å². The molecule has 25 heavy (non-hydrogen) atoms. The molecule has 0 saturated carbocycles. The molecule has 0 spiro atoms. The maximum absolute atomic E-state index is 9.71. The first-order valence-electron chi connectivity index (χ1n) is 8.92. The summed E-state index contributed by atoms with van der Waals surface area (Å²) in [4.78, 5) is 3.42. The Morgan fingerprint density at radius 1 is 1.28 bits per heavy atom. The van der Waals surface area contributed by atoms with Crippen molar-refractivity contribution in [2.45, 2.75) is 33.6 Å². The molecule has 0 bridgehead atoms. The molecule has 3 aromatic rings. The largest absolute Gasteiger partial charge is 0.382 e. The summed E-state index contributed by atoms with van der Waals surface area (Å²) in [5.74, 6) is 1.07. The van der Waals surface area contributed by atoms with Gasteiger partial charge in [0.15, 0.2) is 0 Å². The summed E-state index contributed by atoms with van der Waals surface area (Å²) in [5.41, 5.74) is 5.91. The van der Waals surface area contributed by atoms with E-state index in [9.17, 15) is 5.26 Å². The molecule has 0 unspecified atom stereocenters. The van der Waals surface area contributed by atoms with Crippen LogP contribution >= 0.6 is 0 Å². The third kappa shape index (κ3) is 3.06. The van der Waals surface area contributed by atoms with Gasteiger partial charge in [-0.15, -0.1) is 0 Å². The van der Waals surface area contributed by atoms with Gasteiger partial charge in [0.05, 0.1) is 6.54 Å². The molecule has 0 saturated heterocycles. The van der Waals surface area contributed by atoms with Crippen LogP contribution in [0.4, 0.5) is 5.82 Å². The van der Waals surface area contributed by atoms with E-state index in [4.69, 9.17) is 4.74 Å². The zero-order valence-electron chi connectivity index (χ0n) is 15.1. The Bertz CT molecular complexity index is 936.